The summed E-state index contributed by atoms with van der Waals surface area (Å²) in [5, 5.41) is 13.5. The van der Waals surface area contributed by atoms with E-state index >= 15 is 0 Å². The number of amides is 2. The fourth-order valence-corrected chi connectivity index (χ4v) is 5.58. The number of likely N-dealkylation sites (tertiary alicyclic amines) is 1. The summed E-state index contributed by atoms with van der Waals surface area (Å²) in [5.41, 5.74) is 3.30. The molecule has 2 aliphatic rings. The molecule has 0 saturated carbocycles. The summed E-state index contributed by atoms with van der Waals surface area (Å²) in [6.07, 6.45) is 3.78. The van der Waals surface area contributed by atoms with Gasteiger partial charge in [0, 0.05) is 11.6 Å². The number of fused-ring (bicyclic) bond motifs is 1. The molecule has 0 radical (unpaired) electrons. The van der Waals surface area contributed by atoms with Crippen LogP contribution in [0.1, 0.15) is 36.6 Å². The molecule has 36 heavy (non-hydrogen) atoms. The Hall–Kier alpha value is -3.45. The fraction of sp³-hybridized carbons (Fsp3) is 0.414. The molecule has 0 unspecified atom stereocenters. The fourth-order valence-electron chi connectivity index (χ4n) is 5.58. The van der Waals surface area contributed by atoms with E-state index in [1.54, 1.807) is 6.92 Å². The molecule has 7 heteroatoms. The van der Waals surface area contributed by atoms with Gasteiger partial charge in [0.25, 0.3) is 0 Å². The molecule has 1 aliphatic heterocycles. The first-order valence-electron chi connectivity index (χ1n) is 12.5. The Morgan fingerprint density at radius 1 is 1.11 bits per heavy atom. The number of hydrogen-bond acceptors (Lipinski definition) is 5. The van der Waals surface area contributed by atoms with Crippen molar-refractivity contribution in [3.8, 4) is 0 Å². The molecule has 2 N–H and O–H groups in total. The van der Waals surface area contributed by atoms with Crippen LogP contribution in [0, 0.1) is 37.5 Å². The molecule has 1 saturated heterocycles. The third kappa shape index (κ3) is 4.67. The number of rotatable bonds is 7. The van der Waals surface area contributed by atoms with E-state index in [0.29, 0.717) is 5.69 Å². The predicted molar refractivity (Wildman–Crippen MR) is 137 cm³/mol. The van der Waals surface area contributed by atoms with Crippen LogP contribution in [0.4, 0.5) is 5.69 Å². The van der Waals surface area contributed by atoms with Crippen molar-refractivity contribution in [1.82, 2.24) is 4.90 Å². The van der Waals surface area contributed by atoms with Crippen LogP contribution in [0.3, 0.4) is 0 Å². The smallest absolute Gasteiger partial charge is 0.310 e. The van der Waals surface area contributed by atoms with Gasteiger partial charge in [-0.15, -0.1) is 0 Å². The summed E-state index contributed by atoms with van der Waals surface area (Å²) in [7, 11) is 0. The number of aryl methyl sites for hydroxylation is 2. The highest BCUT2D eigenvalue weighted by molar-refractivity contribution is 6.02. The Labute approximate surface area is 212 Å². The summed E-state index contributed by atoms with van der Waals surface area (Å²) < 4.78 is 5.34. The minimum absolute atomic E-state index is 0.209. The molecule has 4 rings (SSSR count). The average Bonchev–Trinajstić information content (AvgIpc) is 3.15. The molecule has 2 aromatic carbocycles. The van der Waals surface area contributed by atoms with Gasteiger partial charge < -0.3 is 20.1 Å². The Bertz CT molecular complexity index is 1160. The maximum absolute atomic E-state index is 14.1. The molecule has 190 valence electrons. The molecule has 7 nitrogen and oxygen atoms in total. The summed E-state index contributed by atoms with van der Waals surface area (Å²) in [5.74, 6) is -3.32. The minimum atomic E-state index is -0.902. The van der Waals surface area contributed by atoms with Gasteiger partial charge in [-0.05, 0) is 49.4 Å². The van der Waals surface area contributed by atoms with Crippen molar-refractivity contribution in [3.05, 3.63) is 77.4 Å². The van der Waals surface area contributed by atoms with E-state index in [1.807, 2.05) is 81.5 Å². The summed E-state index contributed by atoms with van der Waals surface area (Å²) in [6.45, 7) is 7.33. The van der Waals surface area contributed by atoms with Gasteiger partial charge in [0.05, 0.1) is 31.1 Å². The summed E-state index contributed by atoms with van der Waals surface area (Å²) >= 11 is 0. The molecule has 1 fully saturated rings. The van der Waals surface area contributed by atoms with Crippen molar-refractivity contribution in [3.63, 3.8) is 0 Å². The molecule has 1 aliphatic carbocycles. The van der Waals surface area contributed by atoms with Crippen LogP contribution < -0.4 is 5.32 Å². The van der Waals surface area contributed by atoms with Crippen molar-refractivity contribution < 1.29 is 24.2 Å². The maximum Gasteiger partial charge on any atom is 0.310 e. The van der Waals surface area contributed by atoms with E-state index in [-0.39, 0.29) is 30.9 Å². The normalized spacial score (nSPS) is 25.9. The van der Waals surface area contributed by atoms with Crippen molar-refractivity contribution in [2.75, 3.05) is 18.5 Å². The number of carbonyl (C=O) groups is 3. The molecule has 2 aromatic rings. The minimum Gasteiger partial charge on any atom is -0.466 e. The van der Waals surface area contributed by atoms with E-state index in [0.717, 1.165) is 16.7 Å². The SMILES string of the molecule is CCOC(=O)[C@H]1[C@H]2C(=O)N([C@H](CO)c3ccccc3)[C@H](C(=O)Nc3cc(C)ccc3C)[C@H]2C=C[C@H]1C. The zero-order chi connectivity index (χ0) is 26.0. The van der Waals surface area contributed by atoms with Crippen molar-refractivity contribution in [2.45, 2.75) is 39.8 Å². The Balaban J connectivity index is 1.79. The van der Waals surface area contributed by atoms with Gasteiger partial charge in [-0.3, -0.25) is 14.4 Å². The van der Waals surface area contributed by atoms with Crippen molar-refractivity contribution in [1.29, 1.82) is 0 Å². The molecular weight excluding hydrogens is 456 g/mol. The van der Waals surface area contributed by atoms with Gasteiger partial charge in [-0.25, -0.2) is 0 Å². The molecule has 2 amide bonds. The summed E-state index contributed by atoms with van der Waals surface area (Å²) in [4.78, 5) is 42.4. The lowest BCUT2D eigenvalue weighted by Gasteiger charge is -2.33. The lowest BCUT2D eigenvalue weighted by atomic mass is 9.70. The maximum atomic E-state index is 14.1. The third-order valence-corrected chi connectivity index (χ3v) is 7.38. The number of nitrogens with one attached hydrogen (secondary N) is 1. The van der Waals surface area contributed by atoms with Crippen LogP contribution in [0.2, 0.25) is 0 Å². The number of anilines is 1. The van der Waals surface area contributed by atoms with Crippen LogP contribution in [-0.2, 0) is 19.1 Å². The van der Waals surface area contributed by atoms with Crippen LogP contribution in [0.25, 0.3) is 0 Å². The second kappa shape index (κ2) is 10.7. The number of nitrogens with zero attached hydrogens (tertiary/aromatic N) is 1. The Morgan fingerprint density at radius 2 is 1.83 bits per heavy atom. The molecular formula is C29H34N2O5. The number of esters is 1. The monoisotopic (exact) mass is 490 g/mol. The van der Waals surface area contributed by atoms with Crippen LogP contribution >= 0.6 is 0 Å². The van der Waals surface area contributed by atoms with Crippen LogP contribution in [0.15, 0.2) is 60.7 Å². The third-order valence-electron chi connectivity index (χ3n) is 7.38. The highest BCUT2D eigenvalue weighted by Gasteiger charge is 2.58. The second-order valence-electron chi connectivity index (χ2n) is 9.73. The zero-order valence-electron chi connectivity index (χ0n) is 21.2. The predicted octanol–water partition coefficient (Wildman–Crippen LogP) is 3.80. The number of ether oxygens (including phenoxy) is 1. The molecule has 0 aromatic heterocycles. The number of allylic oxidation sites excluding steroid dienone is 1. The van der Waals surface area contributed by atoms with E-state index in [9.17, 15) is 19.5 Å². The lowest BCUT2D eigenvalue weighted by molar-refractivity contribution is -0.155. The van der Waals surface area contributed by atoms with E-state index in [2.05, 4.69) is 5.32 Å². The summed E-state index contributed by atoms with van der Waals surface area (Å²) in [6, 6.07) is 13.4. The van der Waals surface area contributed by atoms with Gasteiger partial charge in [-0.2, -0.15) is 0 Å². The number of hydrogen-bond donors (Lipinski definition) is 2. The van der Waals surface area contributed by atoms with E-state index < -0.39 is 35.8 Å². The van der Waals surface area contributed by atoms with E-state index in [4.69, 9.17) is 4.74 Å². The van der Waals surface area contributed by atoms with Crippen molar-refractivity contribution >= 4 is 23.5 Å². The highest BCUT2D eigenvalue weighted by atomic mass is 16.5. The number of aliphatic hydroxyl groups is 1. The van der Waals surface area contributed by atoms with E-state index in [1.165, 1.54) is 4.90 Å². The second-order valence-corrected chi connectivity index (χ2v) is 9.73. The number of benzene rings is 2. The van der Waals surface area contributed by atoms with Gasteiger partial charge in [0.2, 0.25) is 11.8 Å². The largest absolute Gasteiger partial charge is 0.466 e. The first-order chi connectivity index (χ1) is 17.3. The molecule has 6 atom stereocenters. The number of aliphatic hydroxyl groups excluding tert-OH is 1. The quantitative estimate of drug-likeness (QED) is 0.455. The van der Waals surface area contributed by atoms with Gasteiger partial charge >= 0.3 is 5.97 Å². The number of carbonyl (C=O) groups excluding carboxylic acids is 3. The van der Waals surface area contributed by atoms with Gasteiger partial charge in [0.15, 0.2) is 0 Å². The van der Waals surface area contributed by atoms with Gasteiger partial charge in [0.1, 0.15) is 6.04 Å². The zero-order valence-corrected chi connectivity index (χ0v) is 21.2. The first kappa shape index (κ1) is 25.6. The van der Waals surface area contributed by atoms with Crippen molar-refractivity contribution in [2.24, 2.45) is 23.7 Å². The van der Waals surface area contributed by atoms with Gasteiger partial charge in [-0.1, -0.05) is 61.5 Å². The first-order valence-corrected chi connectivity index (χ1v) is 12.5. The average molecular weight is 491 g/mol. The van der Waals surface area contributed by atoms with Crippen LogP contribution in [-0.4, -0.2) is 47.0 Å². The Kier molecular flexibility index (Phi) is 7.59. The molecule has 1 heterocycles. The highest BCUT2D eigenvalue weighted by Crippen LogP contribution is 2.47. The lowest BCUT2D eigenvalue weighted by Crippen LogP contribution is -2.47. The van der Waals surface area contributed by atoms with Crippen LogP contribution in [0.5, 0.6) is 0 Å². The standard InChI is InChI=1S/C29H34N2O5/c1-5-36-29(35)24-19(4)13-14-21-25(24)28(34)31(23(16-32)20-9-7-6-8-10-20)26(21)27(33)30-22-15-17(2)11-12-18(22)3/h6-15,19,21,23-26,32H,5,16H2,1-4H3,(H,30,33)/t19-,21+,23-,24-,25+,26+/m1/s1. The topological polar surface area (TPSA) is 95.9 Å². The Morgan fingerprint density at radius 3 is 2.50 bits per heavy atom. The molecule has 0 spiro atoms. The molecule has 0 bridgehead atoms.